The predicted molar refractivity (Wildman–Crippen MR) is 164 cm³/mol. The van der Waals surface area contributed by atoms with E-state index in [1.807, 2.05) is 13.2 Å². The zero-order valence-corrected chi connectivity index (χ0v) is 26.8. The maximum atomic E-state index is 13.6. The van der Waals surface area contributed by atoms with Crippen molar-refractivity contribution in [2.24, 2.45) is 0 Å². The van der Waals surface area contributed by atoms with Gasteiger partial charge in [-0.25, -0.2) is 8.42 Å². The lowest BCUT2D eigenvalue weighted by atomic mass is 9.91. The number of carbonyl (C=O) groups is 2. The minimum Gasteiger partial charge on any atom is -0.508 e. The number of hydrogen-bond donors (Lipinski definition) is 5. The average Bonchev–Trinajstić information content (AvgIpc) is 3.06. The van der Waals surface area contributed by atoms with Crippen LogP contribution in [0.15, 0.2) is 46.2 Å². The van der Waals surface area contributed by atoms with E-state index in [0.717, 1.165) is 19.3 Å². The van der Waals surface area contributed by atoms with Gasteiger partial charge in [-0.1, -0.05) is 38.8 Å². The first-order chi connectivity index (χ1) is 20.2. The van der Waals surface area contributed by atoms with Crippen molar-refractivity contribution in [3.05, 3.63) is 47.5 Å². The molecule has 0 aliphatic carbocycles. The van der Waals surface area contributed by atoms with Gasteiger partial charge in [-0.2, -0.15) is 8.42 Å². The molecule has 2 aromatic carbocycles. The Kier molecular flexibility index (Phi) is 11.9. The van der Waals surface area contributed by atoms with Crippen LogP contribution in [0.2, 0.25) is 0 Å². The van der Waals surface area contributed by atoms with Crippen LogP contribution in [0.3, 0.4) is 0 Å². The van der Waals surface area contributed by atoms with E-state index in [0.29, 0.717) is 29.0 Å². The monoisotopic (exact) mass is 657 g/mol. The molecule has 2 amide bonds. The highest BCUT2D eigenvalue weighted by Crippen LogP contribution is 2.37. The molecule has 0 radical (unpaired) electrons. The molecule has 0 aromatic heterocycles. The number of carbonyl (C=O) groups excluding carboxylic acids is 2. The number of fused-ring (bicyclic) bond motifs is 1. The first-order valence-corrected chi connectivity index (χ1v) is 18.3. The van der Waals surface area contributed by atoms with Gasteiger partial charge in [0.15, 0.2) is 16.4 Å². The molecular formula is C28H39N3O9S3. The standard InChI is InChI=1S/C28H39N3O9S3/c1-4-6-11-28(5-2)18-42(35,36)24-15-22(23(41-3)14-20(24)16-30-28)40-17-25(33)31-26(19-7-9-21(32)10-8-19)27(34)29-12-13-43(37,38)39/h7-10,14-15,26,30,32H,4-6,11-13,16-18H2,1-3H3,(H,29,34)(H,31,33)(H,37,38,39). The molecule has 0 saturated heterocycles. The number of hydrogen-bond acceptors (Lipinski definition) is 10. The number of phenolic OH excluding ortho intramolecular Hbond substituents is 1. The number of phenols is 1. The highest BCUT2D eigenvalue weighted by Gasteiger charge is 2.38. The molecule has 3 rings (SSSR count). The predicted octanol–water partition coefficient (Wildman–Crippen LogP) is 2.57. The third kappa shape index (κ3) is 9.57. The minimum absolute atomic E-state index is 0.0525. The zero-order chi connectivity index (χ0) is 31.8. The van der Waals surface area contributed by atoms with E-state index in [9.17, 15) is 31.5 Å². The fourth-order valence-corrected chi connectivity index (χ4v) is 7.95. The fourth-order valence-electron chi connectivity index (χ4n) is 4.86. The average molecular weight is 658 g/mol. The smallest absolute Gasteiger partial charge is 0.266 e. The molecule has 1 heterocycles. The summed E-state index contributed by atoms with van der Waals surface area (Å²) in [7, 11) is -8.01. The summed E-state index contributed by atoms with van der Waals surface area (Å²) in [6, 6.07) is 7.40. The number of benzene rings is 2. The van der Waals surface area contributed by atoms with E-state index in [1.165, 1.54) is 42.1 Å². The van der Waals surface area contributed by atoms with Crippen molar-refractivity contribution in [3.8, 4) is 11.5 Å². The summed E-state index contributed by atoms with van der Waals surface area (Å²) in [6.07, 6.45) is 5.05. The zero-order valence-electron chi connectivity index (χ0n) is 24.4. The van der Waals surface area contributed by atoms with Gasteiger partial charge in [0.2, 0.25) is 5.91 Å². The van der Waals surface area contributed by atoms with Crippen LogP contribution in [-0.4, -0.2) is 74.8 Å². The van der Waals surface area contributed by atoms with E-state index in [2.05, 4.69) is 22.9 Å². The molecule has 0 spiro atoms. The van der Waals surface area contributed by atoms with Gasteiger partial charge < -0.3 is 25.8 Å². The quantitative estimate of drug-likeness (QED) is 0.148. The van der Waals surface area contributed by atoms with Gasteiger partial charge in [0.1, 0.15) is 17.5 Å². The van der Waals surface area contributed by atoms with Gasteiger partial charge in [-0.05, 0) is 48.4 Å². The lowest BCUT2D eigenvalue weighted by Crippen LogP contribution is -2.48. The summed E-state index contributed by atoms with van der Waals surface area (Å²) >= 11 is 1.34. The molecule has 2 unspecified atom stereocenters. The first kappa shape index (κ1) is 34.6. The fraction of sp³-hybridized carbons (Fsp3) is 0.500. The molecule has 15 heteroatoms. The van der Waals surface area contributed by atoms with Gasteiger partial charge in [0, 0.05) is 29.6 Å². The second-order valence-corrected chi connectivity index (χ2v) is 14.8. The third-order valence-electron chi connectivity index (χ3n) is 7.30. The topological polar surface area (TPSA) is 188 Å². The van der Waals surface area contributed by atoms with Crippen molar-refractivity contribution in [2.75, 3.05) is 30.9 Å². The van der Waals surface area contributed by atoms with Crippen molar-refractivity contribution in [1.29, 1.82) is 0 Å². The van der Waals surface area contributed by atoms with Crippen molar-refractivity contribution < 1.29 is 40.8 Å². The highest BCUT2D eigenvalue weighted by molar-refractivity contribution is 7.98. The number of aromatic hydroxyl groups is 1. The van der Waals surface area contributed by atoms with Crippen LogP contribution in [0.5, 0.6) is 11.5 Å². The Bertz CT molecular complexity index is 1510. The number of amides is 2. The Balaban J connectivity index is 1.80. The second-order valence-electron chi connectivity index (χ2n) is 10.4. The molecule has 0 saturated carbocycles. The number of unbranched alkanes of at least 4 members (excludes halogenated alkanes) is 1. The summed E-state index contributed by atoms with van der Waals surface area (Å²) in [5.41, 5.74) is 0.382. The summed E-state index contributed by atoms with van der Waals surface area (Å²) in [5, 5.41) is 18.0. The van der Waals surface area contributed by atoms with E-state index >= 15 is 0 Å². The van der Waals surface area contributed by atoms with Crippen LogP contribution in [0, 0.1) is 0 Å². The number of ether oxygens (including phenoxy) is 1. The Labute approximate surface area is 257 Å². The van der Waals surface area contributed by atoms with E-state index in [1.54, 1.807) is 6.07 Å². The van der Waals surface area contributed by atoms with Crippen molar-refractivity contribution in [1.82, 2.24) is 16.0 Å². The first-order valence-electron chi connectivity index (χ1n) is 13.8. The summed E-state index contributed by atoms with van der Waals surface area (Å²) in [6.45, 7) is 3.48. The van der Waals surface area contributed by atoms with E-state index in [-0.39, 0.29) is 22.1 Å². The maximum Gasteiger partial charge on any atom is 0.266 e. The normalized spacial score (nSPS) is 18.6. The van der Waals surface area contributed by atoms with Crippen LogP contribution in [-0.2, 0) is 36.1 Å². The number of sulfone groups is 1. The molecule has 1 aliphatic heterocycles. The molecule has 0 fully saturated rings. The molecular weight excluding hydrogens is 619 g/mol. The van der Waals surface area contributed by atoms with Gasteiger partial charge in [-0.3, -0.25) is 14.1 Å². The molecule has 238 valence electrons. The summed E-state index contributed by atoms with van der Waals surface area (Å²) < 4.78 is 63.9. The van der Waals surface area contributed by atoms with Crippen LogP contribution in [0.25, 0.3) is 0 Å². The lowest BCUT2D eigenvalue weighted by Gasteiger charge is -2.32. The third-order valence-corrected chi connectivity index (χ3v) is 10.8. The molecule has 43 heavy (non-hydrogen) atoms. The Morgan fingerprint density at radius 2 is 1.88 bits per heavy atom. The van der Waals surface area contributed by atoms with Gasteiger partial charge in [0.25, 0.3) is 16.0 Å². The van der Waals surface area contributed by atoms with E-state index in [4.69, 9.17) is 9.29 Å². The Morgan fingerprint density at radius 1 is 1.19 bits per heavy atom. The largest absolute Gasteiger partial charge is 0.508 e. The SMILES string of the molecule is CCCCC1(CC)CS(=O)(=O)c2cc(OCC(=O)NC(C(=O)NCCS(=O)(=O)O)c3ccc(O)cc3)c(SC)cc2CN1. The molecule has 12 nitrogen and oxygen atoms in total. The molecule has 2 atom stereocenters. The summed E-state index contributed by atoms with van der Waals surface area (Å²) in [5.74, 6) is -2.09. The number of thioether (sulfide) groups is 1. The van der Waals surface area contributed by atoms with Crippen molar-refractivity contribution in [2.45, 2.75) is 67.4 Å². The van der Waals surface area contributed by atoms with Crippen LogP contribution >= 0.6 is 11.8 Å². The molecule has 5 N–H and O–H groups in total. The molecule has 1 aliphatic rings. The second kappa shape index (κ2) is 14.8. The van der Waals surface area contributed by atoms with Crippen LogP contribution in [0.4, 0.5) is 0 Å². The number of rotatable bonds is 14. The van der Waals surface area contributed by atoms with Crippen molar-refractivity contribution >= 4 is 43.5 Å². The Morgan fingerprint density at radius 3 is 2.49 bits per heavy atom. The number of nitrogens with one attached hydrogen (secondary N) is 3. The maximum absolute atomic E-state index is 13.6. The lowest BCUT2D eigenvalue weighted by molar-refractivity contribution is -0.130. The van der Waals surface area contributed by atoms with E-state index < -0.39 is 62.3 Å². The molecule has 2 aromatic rings. The summed E-state index contributed by atoms with van der Waals surface area (Å²) in [4.78, 5) is 26.6. The highest BCUT2D eigenvalue weighted by atomic mass is 32.2. The van der Waals surface area contributed by atoms with Gasteiger partial charge >= 0.3 is 0 Å². The Hall–Kier alpha value is -2.85. The molecule has 0 bridgehead atoms. The van der Waals surface area contributed by atoms with Gasteiger partial charge in [-0.15, -0.1) is 11.8 Å². The van der Waals surface area contributed by atoms with Gasteiger partial charge in [0.05, 0.1) is 16.4 Å². The van der Waals surface area contributed by atoms with Crippen LogP contribution < -0.4 is 20.7 Å². The minimum atomic E-state index is -4.32. The van der Waals surface area contributed by atoms with Crippen molar-refractivity contribution in [3.63, 3.8) is 0 Å². The van der Waals surface area contributed by atoms with Crippen LogP contribution in [0.1, 0.15) is 56.7 Å².